The second-order valence-corrected chi connectivity index (χ2v) is 9.67. The fourth-order valence-electron chi connectivity index (χ4n) is 5.00. The van der Waals surface area contributed by atoms with Crippen molar-refractivity contribution in [1.82, 2.24) is 4.90 Å². The average molecular weight is 477 g/mol. The Hall–Kier alpha value is -4.12. The van der Waals surface area contributed by atoms with E-state index in [1.165, 1.54) is 0 Å². The number of amides is 2. The molecule has 5 nitrogen and oxygen atoms in total. The Bertz CT molecular complexity index is 1350. The lowest BCUT2D eigenvalue weighted by molar-refractivity contribution is -0.133. The summed E-state index contributed by atoms with van der Waals surface area (Å²) in [5.74, 6) is 1.72. The molecule has 0 spiro atoms. The summed E-state index contributed by atoms with van der Waals surface area (Å²) in [7, 11) is 0. The zero-order chi connectivity index (χ0) is 24.5. The number of hydrogen-bond acceptors (Lipinski definition) is 3. The molecule has 1 aliphatic heterocycles. The number of anilines is 1. The van der Waals surface area contributed by atoms with Crippen LogP contribution in [0.25, 0.3) is 11.3 Å². The lowest BCUT2D eigenvalue weighted by Crippen LogP contribution is -2.36. The highest BCUT2D eigenvalue weighted by molar-refractivity contribution is 5.98. The molecule has 36 heavy (non-hydrogen) atoms. The van der Waals surface area contributed by atoms with E-state index in [9.17, 15) is 9.59 Å². The van der Waals surface area contributed by atoms with E-state index in [-0.39, 0.29) is 17.7 Å². The summed E-state index contributed by atoms with van der Waals surface area (Å²) in [6, 6.07) is 29.5. The van der Waals surface area contributed by atoms with Gasteiger partial charge in [0, 0.05) is 42.2 Å². The topological polar surface area (TPSA) is 62.6 Å². The van der Waals surface area contributed by atoms with E-state index in [2.05, 4.69) is 5.32 Å². The number of furan rings is 1. The third kappa shape index (κ3) is 4.57. The first-order valence-electron chi connectivity index (χ1n) is 12.6. The van der Waals surface area contributed by atoms with E-state index in [1.54, 1.807) is 0 Å². The maximum atomic E-state index is 13.5. The largest absolute Gasteiger partial charge is 0.461 e. The summed E-state index contributed by atoms with van der Waals surface area (Å²) in [5.41, 5.74) is 4.59. The van der Waals surface area contributed by atoms with Gasteiger partial charge in [-0.1, -0.05) is 72.8 Å². The average Bonchev–Trinajstić information content (AvgIpc) is 3.68. The van der Waals surface area contributed by atoms with Crippen molar-refractivity contribution in [1.29, 1.82) is 0 Å². The van der Waals surface area contributed by atoms with Crippen molar-refractivity contribution >= 4 is 17.5 Å². The van der Waals surface area contributed by atoms with Gasteiger partial charge in [0.05, 0.1) is 5.92 Å². The molecule has 1 saturated carbocycles. The molecule has 3 aromatic carbocycles. The fourth-order valence-corrected chi connectivity index (χ4v) is 5.00. The standard InChI is InChI=1S/C31H28N2O3/c34-30(29(21-8-3-1-4-9-21)22-10-5-2-6-11-22)32-26-13-7-12-24(18-26)28-19-25-20-33(17-16-27(25)36-28)31(35)23-14-15-23/h1-13,18-19,23,29H,14-17,20H2,(H,32,34). The van der Waals surface area contributed by atoms with Crippen LogP contribution >= 0.6 is 0 Å². The van der Waals surface area contributed by atoms with E-state index < -0.39 is 5.92 Å². The molecule has 2 aliphatic rings. The molecule has 5 heteroatoms. The van der Waals surface area contributed by atoms with Crippen LogP contribution in [0.1, 0.15) is 41.2 Å². The molecule has 1 N–H and O–H groups in total. The van der Waals surface area contributed by atoms with E-state index in [0.717, 1.165) is 53.0 Å². The molecule has 180 valence electrons. The highest BCUT2D eigenvalue weighted by atomic mass is 16.3. The van der Waals surface area contributed by atoms with Crippen LogP contribution in [0.5, 0.6) is 0 Å². The van der Waals surface area contributed by atoms with Gasteiger partial charge in [0.15, 0.2) is 0 Å². The van der Waals surface area contributed by atoms with Crippen LogP contribution in [0.15, 0.2) is 95.4 Å². The maximum absolute atomic E-state index is 13.5. The fraction of sp³-hybridized carbons (Fsp3) is 0.226. The molecule has 0 saturated heterocycles. The van der Waals surface area contributed by atoms with Crippen LogP contribution in [0.2, 0.25) is 0 Å². The monoisotopic (exact) mass is 476 g/mol. The number of benzene rings is 3. The van der Waals surface area contributed by atoms with Gasteiger partial charge in [-0.3, -0.25) is 9.59 Å². The molecule has 2 heterocycles. The normalized spacial score (nSPS) is 15.0. The molecule has 4 aromatic rings. The van der Waals surface area contributed by atoms with Gasteiger partial charge in [0.1, 0.15) is 11.5 Å². The van der Waals surface area contributed by atoms with Gasteiger partial charge in [-0.2, -0.15) is 0 Å². The number of nitrogens with one attached hydrogen (secondary N) is 1. The van der Waals surface area contributed by atoms with Gasteiger partial charge >= 0.3 is 0 Å². The van der Waals surface area contributed by atoms with Crippen molar-refractivity contribution in [2.24, 2.45) is 5.92 Å². The smallest absolute Gasteiger partial charge is 0.236 e. The number of carbonyl (C=O) groups excluding carboxylic acids is 2. The Labute approximate surface area is 210 Å². The summed E-state index contributed by atoms with van der Waals surface area (Å²) in [4.78, 5) is 28.0. The minimum absolute atomic E-state index is 0.0856. The molecule has 0 unspecified atom stereocenters. The van der Waals surface area contributed by atoms with Gasteiger partial charge in [-0.25, -0.2) is 0 Å². The summed E-state index contributed by atoms with van der Waals surface area (Å²) in [5, 5.41) is 3.12. The Balaban J connectivity index is 1.23. The van der Waals surface area contributed by atoms with E-state index >= 15 is 0 Å². The van der Waals surface area contributed by atoms with Gasteiger partial charge in [-0.05, 0) is 42.2 Å². The molecular formula is C31H28N2O3. The van der Waals surface area contributed by atoms with Crippen LogP contribution in [0.3, 0.4) is 0 Å². The minimum atomic E-state index is -0.415. The van der Waals surface area contributed by atoms with Gasteiger partial charge in [0.2, 0.25) is 11.8 Å². The first-order chi connectivity index (χ1) is 17.7. The Kier molecular flexibility index (Phi) is 5.90. The SMILES string of the molecule is O=C(Nc1cccc(-c2cc3c(o2)CCN(C(=O)C2CC2)C3)c1)C(c1ccccc1)c1ccccc1. The Morgan fingerprint density at radius 1 is 0.861 bits per heavy atom. The first-order valence-corrected chi connectivity index (χ1v) is 12.6. The number of nitrogens with zero attached hydrogens (tertiary/aromatic N) is 1. The molecule has 1 aromatic heterocycles. The van der Waals surface area contributed by atoms with Crippen LogP contribution in [-0.2, 0) is 22.6 Å². The predicted molar refractivity (Wildman–Crippen MR) is 139 cm³/mol. The van der Waals surface area contributed by atoms with Crippen LogP contribution in [0, 0.1) is 5.92 Å². The molecule has 0 radical (unpaired) electrons. The molecule has 0 bridgehead atoms. The molecule has 0 atom stereocenters. The van der Waals surface area contributed by atoms with Crippen LogP contribution in [0.4, 0.5) is 5.69 Å². The number of fused-ring (bicyclic) bond motifs is 1. The molecule has 2 amide bonds. The Morgan fingerprint density at radius 2 is 1.56 bits per heavy atom. The van der Waals surface area contributed by atoms with E-state index in [1.807, 2.05) is 95.9 Å². The van der Waals surface area contributed by atoms with Gasteiger partial charge in [0.25, 0.3) is 0 Å². The highest BCUT2D eigenvalue weighted by Crippen LogP contribution is 2.35. The lowest BCUT2D eigenvalue weighted by atomic mass is 9.90. The molecule has 6 rings (SSSR count). The third-order valence-electron chi connectivity index (χ3n) is 7.05. The van der Waals surface area contributed by atoms with Crippen molar-refractivity contribution < 1.29 is 14.0 Å². The summed E-state index contributed by atoms with van der Waals surface area (Å²) in [6.45, 7) is 1.33. The second kappa shape index (κ2) is 9.50. The van der Waals surface area contributed by atoms with Crippen LogP contribution < -0.4 is 5.32 Å². The zero-order valence-corrected chi connectivity index (χ0v) is 20.0. The molecule has 1 fully saturated rings. The predicted octanol–water partition coefficient (Wildman–Crippen LogP) is 6.01. The van der Waals surface area contributed by atoms with Crippen molar-refractivity contribution in [3.8, 4) is 11.3 Å². The number of carbonyl (C=O) groups is 2. The summed E-state index contributed by atoms with van der Waals surface area (Å²) in [6.07, 6.45) is 2.78. The van der Waals surface area contributed by atoms with Gasteiger partial charge < -0.3 is 14.6 Å². The van der Waals surface area contributed by atoms with Crippen LogP contribution in [-0.4, -0.2) is 23.3 Å². The third-order valence-corrected chi connectivity index (χ3v) is 7.05. The highest BCUT2D eigenvalue weighted by Gasteiger charge is 2.35. The maximum Gasteiger partial charge on any atom is 0.236 e. The number of rotatable bonds is 6. The van der Waals surface area contributed by atoms with Crippen molar-refractivity contribution in [2.75, 3.05) is 11.9 Å². The van der Waals surface area contributed by atoms with Crippen molar-refractivity contribution in [3.05, 3.63) is 113 Å². The minimum Gasteiger partial charge on any atom is -0.461 e. The second-order valence-electron chi connectivity index (χ2n) is 9.67. The molecule has 1 aliphatic carbocycles. The Morgan fingerprint density at radius 3 is 2.22 bits per heavy atom. The summed E-state index contributed by atoms with van der Waals surface area (Å²) >= 11 is 0. The molecular weight excluding hydrogens is 448 g/mol. The van der Waals surface area contributed by atoms with E-state index in [4.69, 9.17) is 4.42 Å². The first kappa shape index (κ1) is 22.4. The zero-order valence-electron chi connectivity index (χ0n) is 20.0. The lowest BCUT2D eigenvalue weighted by Gasteiger charge is -2.26. The summed E-state index contributed by atoms with van der Waals surface area (Å²) < 4.78 is 6.19. The van der Waals surface area contributed by atoms with Crippen molar-refractivity contribution in [2.45, 2.75) is 31.7 Å². The van der Waals surface area contributed by atoms with Gasteiger partial charge in [-0.15, -0.1) is 0 Å². The van der Waals surface area contributed by atoms with E-state index in [0.29, 0.717) is 18.8 Å². The van der Waals surface area contributed by atoms with Crippen molar-refractivity contribution in [3.63, 3.8) is 0 Å². The number of hydrogen-bond donors (Lipinski definition) is 1. The quantitative estimate of drug-likeness (QED) is 0.371.